The number of aryl methyl sites for hydroxylation is 1. The molecule has 1 aromatic carbocycles. The Hall–Kier alpha value is -1.66. The summed E-state index contributed by atoms with van der Waals surface area (Å²) in [5.41, 5.74) is 1.07. The second-order valence-electron chi connectivity index (χ2n) is 4.29. The van der Waals surface area contributed by atoms with Gasteiger partial charge in [-0.1, -0.05) is 30.0 Å². The van der Waals surface area contributed by atoms with Crippen LogP contribution in [0.2, 0.25) is 0 Å². The molecule has 0 aliphatic rings. The van der Waals surface area contributed by atoms with E-state index in [0.717, 1.165) is 33.8 Å². The molecule has 3 rings (SSSR count). The average Bonchev–Trinajstić information content (AvgIpc) is 3.02. The first-order valence-electron chi connectivity index (χ1n) is 6.26. The zero-order valence-electron chi connectivity index (χ0n) is 11.1. The Morgan fingerprint density at radius 1 is 1.35 bits per heavy atom. The minimum atomic E-state index is 0.737. The number of para-hydroxylation sites is 1. The predicted molar refractivity (Wildman–Crippen MR) is 84.1 cm³/mol. The maximum Gasteiger partial charge on any atom is 0.191 e. The third kappa shape index (κ3) is 2.62. The van der Waals surface area contributed by atoms with E-state index in [-0.39, 0.29) is 0 Å². The molecule has 4 nitrogen and oxygen atoms in total. The van der Waals surface area contributed by atoms with E-state index in [1.165, 1.54) is 4.70 Å². The SMILES string of the molecule is C=CCn1c(C)nnc1SCc1nc2ccccc2s1. The van der Waals surface area contributed by atoms with Crippen LogP contribution < -0.4 is 0 Å². The first kappa shape index (κ1) is 13.3. The van der Waals surface area contributed by atoms with Crippen molar-refractivity contribution in [2.45, 2.75) is 24.4 Å². The Bertz CT molecular complexity index is 712. The average molecular weight is 302 g/mol. The second kappa shape index (κ2) is 5.76. The molecule has 3 aromatic rings. The van der Waals surface area contributed by atoms with Gasteiger partial charge in [-0.3, -0.25) is 0 Å². The molecule has 20 heavy (non-hydrogen) atoms. The number of nitrogens with zero attached hydrogens (tertiary/aromatic N) is 4. The van der Waals surface area contributed by atoms with E-state index in [1.807, 2.05) is 31.2 Å². The number of benzene rings is 1. The van der Waals surface area contributed by atoms with Crippen molar-refractivity contribution in [3.8, 4) is 0 Å². The largest absolute Gasteiger partial charge is 0.302 e. The summed E-state index contributed by atoms with van der Waals surface area (Å²) in [6, 6.07) is 8.21. The topological polar surface area (TPSA) is 43.6 Å². The van der Waals surface area contributed by atoms with E-state index in [4.69, 9.17) is 0 Å². The van der Waals surface area contributed by atoms with Crippen molar-refractivity contribution >= 4 is 33.3 Å². The van der Waals surface area contributed by atoms with Crippen LogP contribution in [0.15, 0.2) is 42.1 Å². The standard InChI is InChI=1S/C14H14N4S2/c1-3-8-18-10(2)16-17-14(18)19-9-13-15-11-6-4-5-7-12(11)20-13/h3-7H,1,8-9H2,2H3. The third-order valence-corrected chi connectivity index (χ3v) is 5.07. The molecule has 2 heterocycles. The van der Waals surface area contributed by atoms with E-state index in [9.17, 15) is 0 Å². The molecule has 0 aliphatic carbocycles. The Labute approximate surface area is 125 Å². The lowest BCUT2D eigenvalue weighted by atomic mass is 10.3. The van der Waals surface area contributed by atoms with Crippen LogP contribution in [-0.2, 0) is 12.3 Å². The molecule has 0 radical (unpaired) electrons. The fourth-order valence-corrected chi connectivity index (χ4v) is 3.87. The van der Waals surface area contributed by atoms with Gasteiger partial charge in [0.25, 0.3) is 0 Å². The van der Waals surface area contributed by atoms with Crippen molar-refractivity contribution in [3.05, 3.63) is 47.8 Å². The lowest BCUT2D eigenvalue weighted by molar-refractivity contribution is 0.703. The normalized spacial score (nSPS) is 11.1. The Kier molecular flexibility index (Phi) is 3.84. The quantitative estimate of drug-likeness (QED) is 0.533. The highest BCUT2D eigenvalue weighted by Crippen LogP contribution is 2.27. The number of hydrogen-bond acceptors (Lipinski definition) is 5. The summed E-state index contributed by atoms with van der Waals surface area (Å²) in [5.74, 6) is 1.73. The molecule has 102 valence electrons. The van der Waals surface area contributed by atoms with Gasteiger partial charge in [0.05, 0.1) is 16.0 Å². The van der Waals surface area contributed by atoms with Crippen molar-refractivity contribution < 1.29 is 0 Å². The van der Waals surface area contributed by atoms with Crippen LogP contribution in [-0.4, -0.2) is 19.7 Å². The first-order valence-corrected chi connectivity index (χ1v) is 8.06. The lowest BCUT2D eigenvalue weighted by Crippen LogP contribution is -1.99. The molecule has 0 unspecified atom stereocenters. The summed E-state index contributed by atoms with van der Waals surface area (Å²) in [5, 5.41) is 10.4. The van der Waals surface area contributed by atoms with Crippen molar-refractivity contribution in [3.63, 3.8) is 0 Å². The Balaban J connectivity index is 1.77. The van der Waals surface area contributed by atoms with Crippen molar-refractivity contribution in [2.75, 3.05) is 0 Å². The highest BCUT2D eigenvalue weighted by molar-refractivity contribution is 7.98. The molecular weight excluding hydrogens is 288 g/mol. The molecule has 0 bridgehead atoms. The van der Waals surface area contributed by atoms with E-state index in [1.54, 1.807) is 23.1 Å². The molecule has 0 N–H and O–H groups in total. The lowest BCUT2D eigenvalue weighted by Gasteiger charge is -2.03. The number of rotatable bonds is 5. The monoisotopic (exact) mass is 302 g/mol. The molecule has 0 fully saturated rings. The molecular formula is C14H14N4S2. The fourth-order valence-electron chi connectivity index (χ4n) is 1.92. The van der Waals surface area contributed by atoms with Gasteiger partial charge in [-0.15, -0.1) is 28.1 Å². The van der Waals surface area contributed by atoms with E-state index in [2.05, 4.69) is 32.4 Å². The number of thiazole rings is 1. The molecule has 6 heteroatoms. The van der Waals surface area contributed by atoms with E-state index >= 15 is 0 Å². The Morgan fingerprint density at radius 2 is 2.20 bits per heavy atom. The van der Waals surface area contributed by atoms with Crippen LogP contribution in [0.25, 0.3) is 10.2 Å². The van der Waals surface area contributed by atoms with Gasteiger partial charge in [0.2, 0.25) is 0 Å². The van der Waals surface area contributed by atoms with Crippen molar-refractivity contribution in [1.82, 2.24) is 19.7 Å². The minimum absolute atomic E-state index is 0.737. The van der Waals surface area contributed by atoms with Crippen LogP contribution >= 0.6 is 23.1 Å². The van der Waals surface area contributed by atoms with Gasteiger partial charge in [0.1, 0.15) is 10.8 Å². The van der Waals surface area contributed by atoms with Gasteiger partial charge in [-0.25, -0.2) is 4.98 Å². The smallest absolute Gasteiger partial charge is 0.191 e. The van der Waals surface area contributed by atoms with Gasteiger partial charge in [0.15, 0.2) is 5.16 Å². The van der Waals surface area contributed by atoms with Gasteiger partial charge in [0, 0.05) is 6.54 Å². The maximum absolute atomic E-state index is 4.63. The molecule has 0 saturated carbocycles. The van der Waals surface area contributed by atoms with Gasteiger partial charge in [-0.2, -0.15) is 0 Å². The van der Waals surface area contributed by atoms with E-state index < -0.39 is 0 Å². The van der Waals surface area contributed by atoms with Crippen LogP contribution in [0.5, 0.6) is 0 Å². The number of allylic oxidation sites excluding steroid dienone is 1. The van der Waals surface area contributed by atoms with Crippen LogP contribution in [0.1, 0.15) is 10.8 Å². The van der Waals surface area contributed by atoms with Gasteiger partial charge < -0.3 is 4.57 Å². The minimum Gasteiger partial charge on any atom is -0.302 e. The predicted octanol–water partition coefficient (Wildman–Crippen LogP) is 3.67. The second-order valence-corrected chi connectivity index (χ2v) is 6.35. The summed E-state index contributed by atoms with van der Waals surface area (Å²) in [6.45, 7) is 6.46. The summed E-state index contributed by atoms with van der Waals surface area (Å²) in [7, 11) is 0. The molecule has 0 spiro atoms. The number of fused-ring (bicyclic) bond motifs is 1. The van der Waals surface area contributed by atoms with E-state index in [0.29, 0.717) is 0 Å². The summed E-state index contributed by atoms with van der Waals surface area (Å²) >= 11 is 3.40. The number of thioether (sulfide) groups is 1. The van der Waals surface area contributed by atoms with Crippen molar-refractivity contribution in [1.29, 1.82) is 0 Å². The molecule has 0 amide bonds. The molecule has 0 aliphatic heterocycles. The fraction of sp³-hybridized carbons (Fsp3) is 0.214. The zero-order valence-corrected chi connectivity index (χ0v) is 12.7. The summed E-state index contributed by atoms with van der Waals surface area (Å²) in [6.07, 6.45) is 1.86. The molecule has 2 aromatic heterocycles. The van der Waals surface area contributed by atoms with Crippen molar-refractivity contribution in [2.24, 2.45) is 0 Å². The molecule has 0 atom stereocenters. The number of aromatic nitrogens is 4. The zero-order chi connectivity index (χ0) is 13.9. The third-order valence-electron chi connectivity index (χ3n) is 2.88. The van der Waals surface area contributed by atoms with Crippen LogP contribution in [0.4, 0.5) is 0 Å². The van der Waals surface area contributed by atoms with Gasteiger partial charge in [-0.05, 0) is 19.1 Å². The first-order chi connectivity index (χ1) is 9.78. The maximum atomic E-state index is 4.63. The van der Waals surface area contributed by atoms with Crippen LogP contribution in [0, 0.1) is 6.92 Å². The Morgan fingerprint density at radius 3 is 3.00 bits per heavy atom. The highest BCUT2D eigenvalue weighted by atomic mass is 32.2. The summed E-state index contributed by atoms with van der Waals surface area (Å²) < 4.78 is 3.29. The van der Waals surface area contributed by atoms with Crippen LogP contribution in [0.3, 0.4) is 0 Å². The van der Waals surface area contributed by atoms with Gasteiger partial charge >= 0.3 is 0 Å². The molecule has 0 saturated heterocycles. The highest BCUT2D eigenvalue weighted by Gasteiger charge is 2.10. The number of hydrogen-bond donors (Lipinski definition) is 0. The summed E-state index contributed by atoms with van der Waals surface area (Å²) in [4.78, 5) is 4.63.